The Morgan fingerprint density at radius 1 is 1.31 bits per heavy atom. The van der Waals surface area contributed by atoms with Gasteiger partial charge < -0.3 is 10.0 Å². The molecule has 88 valence electrons. The monoisotopic (exact) mass is 223 g/mol. The quantitative estimate of drug-likeness (QED) is 0.787. The molecule has 0 spiro atoms. The number of aliphatic hydroxyl groups is 1. The molecule has 1 heterocycles. The molecule has 0 amide bonds. The summed E-state index contributed by atoms with van der Waals surface area (Å²) in [4.78, 5) is 2.20. The third-order valence-electron chi connectivity index (χ3n) is 3.50. The molecule has 0 unspecified atom stereocenters. The van der Waals surface area contributed by atoms with Gasteiger partial charge in [-0.25, -0.2) is 4.39 Å². The highest BCUT2D eigenvalue weighted by molar-refractivity contribution is 5.32. The Balaban J connectivity index is 2.29. The van der Waals surface area contributed by atoms with Gasteiger partial charge in [0.05, 0.1) is 5.60 Å². The molecule has 1 fully saturated rings. The average molecular weight is 223 g/mol. The van der Waals surface area contributed by atoms with E-state index in [0.29, 0.717) is 0 Å². The number of nitrogens with zero attached hydrogens (tertiary/aromatic N) is 1. The van der Waals surface area contributed by atoms with Crippen molar-refractivity contribution < 1.29 is 9.50 Å². The highest BCUT2D eigenvalue weighted by Gasteiger charge is 2.33. The van der Waals surface area contributed by atoms with E-state index in [2.05, 4.69) is 11.9 Å². The molecular weight excluding hydrogens is 205 g/mol. The van der Waals surface area contributed by atoms with E-state index in [0.717, 1.165) is 37.1 Å². The molecule has 0 bridgehead atoms. The Labute approximate surface area is 95.7 Å². The summed E-state index contributed by atoms with van der Waals surface area (Å²) in [5.74, 6) is -0.238. The number of hydrogen-bond acceptors (Lipinski definition) is 2. The van der Waals surface area contributed by atoms with E-state index in [9.17, 15) is 9.50 Å². The van der Waals surface area contributed by atoms with Crippen molar-refractivity contribution in [3.63, 3.8) is 0 Å². The molecule has 1 saturated heterocycles. The van der Waals surface area contributed by atoms with E-state index < -0.39 is 5.60 Å². The molecule has 16 heavy (non-hydrogen) atoms. The fourth-order valence-corrected chi connectivity index (χ4v) is 2.41. The zero-order valence-electron chi connectivity index (χ0n) is 9.83. The Hall–Kier alpha value is -0.930. The van der Waals surface area contributed by atoms with Gasteiger partial charge >= 0.3 is 0 Å². The van der Waals surface area contributed by atoms with Crippen LogP contribution in [0.15, 0.2) is 18.2 Å². The first-order chi connectivity index (χ1) is 7.51. The zero-order valence-corrected chi connectivity index (χ0v) is 9.83. The molecule has 1 aliphatic heterocycles. The van der Waals surface area contributed by atoms with Crippen LogP contribution in [-0.4, -0.2) is 30.1 Å². The Kier molecular flexibility index (Phi) is 3.00. The lowest BCUT2D eigenvalue weighted by Crippen LogP contribution is -2.41. The highest BCUT2D eigenvalue weighted by atomic mass is 19.1. The predicted molar refractivity (Wildman–Crippen MR) is 61.8 cm³/mol. The molecular formula is C13H18FNO. The van der Waals surface area contributed by atoms with E-state index in [4.69, 9.17) is 0 Å². The highest BCUT2D eigenvalue weighted by Crippen LogP contribution is 2.34. The van der Waals surface area contributed by atoms with E-state index in [1.165, 1.54) is 12.1 Å². The van der Waals surface area contributed by atoms with E-state index in [1.807, 2.05) is 6.92 Å². The molecule has 0 atom stereocenters. The van der Waals surface area contributed by atoms with Gasteiger partial charge in [0.1, 0.15) is 5.82 Å². The molecule has 1 aromatic carbocycles. The lowest BCUT2D eigenvalue weighted by molar-refractivity contribution is -0.0208. The van der Waals surface area contributed by atoms with Crippen LogP contribution in [0, 0.1) is 12.7 Å². The lowest BCUT2D eigenvalue weighted by Gasteiger charge is -2.37. The van der Waals surface area contributed by atoms with Crippen molar-refractivity contribution in [2.45, 2.75) is 25.4 Å². The molecule has 2 rings (SSSR count). The topological polar surface area (TPSA) is 23.5 Å². The summed E-state index contributed by atoms with van der Waals surface area (Å²) < 4.78 is 13.0. The average Bonchev–Trinajstić information content (AvgIpc) is 2.22. The second kappa shape index (κ2) is 4.15. The summed E-state index contributed by atoms with van der Waals surface area (Å²) in [7, 11) is 2.05. The maximum atomic E-state index is 13.0. The third-order valence-corrected chi connectivity index (χ3v) is 3.50. The SMILES string of the molecule is Cc1cc(F)ccc1C1(O)CCN(C)CC1. The van der Waals surface area contributed by atoms with Gasteiger partial charge in [0.2, 0.25) is 0 Å². The Morgan fingerprint density at radius 2 is 1.94 bits per heavy atom. The molecule has 1 aromatic rings. The van der Waals surface area contributed by atoms with E-state index >= 15 is 0 Å². The summed E-state index contributed by atoms with van der Waals surface area (Å²) in [6, 6.07) is 4.64. The van der Waals surface area contributed by atoms with Crippen molar-refractivity contribution in [1.82, 2.24) is 4.90 Å². The summed E-state index contributed by atoms with van der Waals surface area (Å²) in [5, 5.41) is 10.6. The van der Waals surface area contributed by atoms with Gasteiger partial charge in [0.15, 0.2) is 0 Å². The van der Waals surface area contributed by atoms with Gasteiger partial charge in [0.25, 0.3) is 0 Å². The fourth-order valence-electron chi connectivity index (χ4n) is 2.41. The first-order valence-electron chi connectivity index (χ1n) is 5.69. The van der Waals surface area contributed by atoms with Crippen molar-refractivity contribution in [2.75, 3.05) is 20.1 Å². The number of benzene rings is 1. The van der Waals surface area contributed by atoms with Crippen LogP contribution in [-0.2, 0) is 5.60 Å². The van der Waals surface area contributed by atoms with Gasteiger partial charge in [-0.1, -0.05) is 6.07 Å². The number of hydrogen-bond donors (Lipinski definition) is 1. The molecule has 0 saturated carbocycles. The van der Waals surface area contributed by atoms with Crippen LogP contribution in [0.4, 0.5) is 4.39 Å². The standard InChI is InChI=1S/C13H18FNO/c1-10-9-11(14)3-4-12(10)13(16)5-7-15(2)8-6-13/h3-4,9,16H,5-8H2,1-2H3. The largest absolute Gasteiger partial charge is 0.385 e. The van der Waals surface area contributed by atoms with Crippen molar-refractivity contribution >= 4 is 0 Å². The molecule has 1 aliphatic rings. The van der Waals surface area contributed by atoms with Gasteiger partial charge in [-0.15, -0.1) is 0 Å². The van der Waals surface area contributed by atoms with Gasteiger partial charge in [0, 0.05) is 13.1 Å². The number of halogens is 1. The van der Waals surface area contributed by atoms with Gasteiger partial charge in [-0.05, 0) is 50.1 Å². The van der Waals surface area contributed by atoms with Crippen LogP contribution in [0.25, 0.3) is 0 Å². The zero-order chi connectivity index (χ0) is 11.8. The fraction of sp³-hybridized carbons (Fsp3) is 0.538. The number of likely N-dealkylation sites (tertiary alicyclic amines) is 1. The minimum Gasteiger partial charge on any atom is -0.385 e. The summed E-state index contributed by atoms with van der Waals surface area (Å²) in [5.41, 5.74) is 0.943. The Morgan fingerprint density at radius 3 is 2.50 bits per heavy atom. The van der Waals surface area contributed by atoms with Crippen molar-refractivity contribution in [1.29, 1.82) is 0 Å². The van der Waals surface area contributed by atoms with Crippen LogP contribution < -0.4 is 0 Å². The van der Waals surface area contributed by atoms with Crippen molar-refractivity contribution in [3.8, 4) is 0 Å². The van der Waals surface area contributed by atoms with Crippen molar-refractivity contribution in [2.24, 2.45) is 0 Å². The maximum Gasteiger partial charge on any atom is 0.123 e. The van der Waals surface area contributed by atoms with Crippen LogP contribution in [0.2, 0.25) is 0 Å². The molecule has 0 aliphatic carbocycles. The molecule has 0 aromatic heterocycles. The minimum absolute atomic E-state index is 0.238. The van der Waals surface area contributed by atoms with E-state index in [1.54, 1.807) is 6.07 Å². The number of piperidine rings is 1. The summed E-state index contributed by atoms with van der Waals surface area (Å²) >= 11 is 0. The lowest BCUT2D eigenvalue weighted by atomic mass is 9.82. The Bertz CT molecular complexity index is 384. The second-order valence-electron chi connectivity index (χ2n) is 4.79. The third kappa shape index (κ3) is 2.11. The minimum atomic E-state index is -0.774. The van der Waals surface area contributed by atoms with Crippen LogP contribution in [0.1, 0.15) is 24.0 Å². The molecule has 1 N–H and O–H groups in total. The van der Waals surface area contributed by atoms with Crippen LogP contribution in [0.3, 0.4) is 0 Å². The van der Waals surface area contributed by atoms with Crippen LogP contribution >= 0.6 is 0 Å². The van der Waals surface area contributed by atoms with Crippen molar-refractivity contribution in [3.05, 3.63) is 35.1 Å². The van der Waals surface area contributed by atoms with Crippen LogP contribution in [0.5, 0.6) is 0 Å². The summed E-state index contributed by atoms with van der Waals surface area (Å²) in [6.45, 7) is 3.62. The first-order valence-corrected chi connectivity index (χ1v) is 5.69. The number of rotatable bonds is 1. The molecule has 0 radical (unpaired) electrons. The number of aryl methyl sites for hydroxylation is 1. The summed E-state index contributed by atoms with van der Waals surface area (Å²) in [6.07, 6.45) is 1.44. The smallest absolute Gasteiger partial charge is 0.123 e. The van der Waals surface area contributed by atoms with Gasteiger partial charge in [-0.2, -0.15) is 0 Å². The van der Waals surface area contributed by atoms with E-state index in [-0.39, 0.29) is 5.82 Å². The predicted octanol–water partition coefficient (Wildman–Crippen LogP) is 2.05. The molecule has 2 nitrogen and oxygen atoms in total. The maximum absolute atomic E-state index is 13.0. The molecule has 3 heteroatoms. The van der Waals surface area contributed by atoms with Gasteiger partial charge in [-0.3, -0.25) is 0 Å². The second-order valence-corrected chi connectivity index (χ2v) is 4.79. The first kappa shape index (κ1) is 11.6. The normalized spacial score (nSPS) is 21.0.